The summed E-state index contributed by atoms with van der Waals surface area (Å²) in [5, 5.41) is 11.9. The fourth-order valence-electron chi connectivity index (χ4n) is 1.34. The molecule has 14 heavy (non-hydrogen) atoms. The van der Waals surface area contributed by atoms with Crippen molar-refractivity contribution >= 4 is 11.3 Å². The molecule has 1 rings (SSSR count). The van der Waals surface area contributed by atoms with Crippen LogP contribution in [0.5, 0.6) is 5.75 Å². The van der Waals surface area contributed by atoms with Gasteiger partial charge in [-0.3, -0.25) is 0 Å². The topological polar surface area (TPSA) is 29.5 Å². The van der Waals surface area contributed by atoms with Gasteiger partial charge in [0.1, 0.15) is 5.75 Å². The van der Waals surface area contributed by atoms with Crippen LogP contribution in [0.3, 0.4) is 0 Å². The van der Waals surface area contributed by atoms with Crippen LogP contribution in [0.4, 0.5) is 0 Å². The number of ether oxygens (including phenoxy) is 1. The maximum Gasteiger partial charge on any atom is 0.135 e. The molecule has 0 bridgehead atoms. The molecule has 2 nitrogen and oxygen atoms in total. The van der Waals surface area contributed by atoms with Gasteiger partial charge in [-0.15, -0.1) is 11.3 Å². The molecule has 3 heteroatoms. The lowest BCUT2D eigenvalue weighted by Gasteiger charge is -2.11. The third-order valence-electron chi connectivity index (χ3n) is 2.20. The van der Waals surface area contributed by atoms with Crippen molar-refractivity contribution in [1.29, 1.82) is 0 Å². The predicted octanol–water partition coefficient (Wildman–Crippen LogP) is 3.23. The van der Waals surface area contributed by atoms with Gasteiger partial charge in [0, 0.05) is 0 Å². The SMILES string of the molecule is COc1ccsc1C(O)CCC(C)C. The molecule has 0 aliphatic carbocycles. The van der Waals surface area contributed by atoms with Gasteiger partial charge in [-0.05, 0) is 30.2 Å². The van der Waals surface area contributed by atoms with Crippen molar-refractivity contribution in [3.63, 3.8) is 0 Å². The Kier molecular flexibility index (Phi) is 4.42. The molecule has 0 radical (unpaired) electrons. The summed E-state index contributed by atoms with van der Waals surface area (Å²) in [4.78, 5) is 0.952. The van der Waals surface area contributed by atoms with Gasteiger partial charge in [0.2, 0.25) is 0 Å². The van der Waals surface area contributed by atoms with Crippen molar-refractivity contribution < 1.29 is 9.84 Å². The molecule has 0 aromatic carbocycles. The van der Waals surface area contributed by atoms with Gasteiger partial charge in [0.25, 0.3) is 0 Å². The van der Waals surface area contributed by atoms with Crippen LogP contribution in [-0.2, 0) is 0 Å². The van der Waals surface area contributed by atoms with E-state index < -0.39 is 0 Å². The summed E-state index contributed by atoms with van der Waals surface area (Å²) in [7, 11) is 1.64. The minimum absolute atomic E-state index is 0.368. The summed E-state index contributed by atoms with van der Waals surface area (Å²) < 4.78 is 5.16. The Bertz CT molecular complexity index is 268. The average molecular weight is 214 g/mol. The van der Waals surface area contributed by atoms with E-state index in [4.69, 9.17) is 4.74 Å². The number of rotatable bonds is 5. The molecule has 1 heterocycles. The number of aliphatic hydroxyl groups is 1. The first-order valence-corrected chi connectivity index (χ1v) is 5.82. The first-order chi connectivity index (χ1) is 6.65. The maximum atomic E-state index is 9.90. The number of hydrogen-bond donors (Lipinski definition) is 1. The van der Waals surface area contributed by atoms with Crippen molar-refractivity contribution in [1.82, 2.24) is 0 Å². The van der Waals surface area contributed by atoms with Crippen LogP contribution in [0, 0.1) is 5.92 Å². The lowest BCUT2D eigenvalue weighted by atomic mass is 10.0. The largest absolute Gasteiger partial charge is 0.495 e. The Hall–Kier alpha value is -0.540. The third-order valence-corrected chi connectivity index (χ3v) is 3.20. The van der Waals surface area contributed by atoms with Gasteiger partial charge in [-0.1, -0.05) is 13.8 Å². The second-order valence-corrected chi connectivity index (χ2v) is 4.79. The fourth-order valence-corrected chi connectivity index (χ4v) is 2.22. The van der Waals surface area contributed by atoms with Gasteiger partial charge in [0.15, 0.2) is 0 Å². The van der Waals surface area contributed by atoms with Crippen LogP contribution < -0.4 is 4.74 Å². The lowest BCUT2D eigenvalue weighted by molar-refractivity contribution is 0.159. The summed E-state index contributed by atoms with van der Waals surface area (Å²) in [6.07, 6.45) is 1.49. The highest BCUT2D eigenvalue weighted by atomic mass is 32.1. The highest BCUT2D eigenvalue weighted by molar-refractivity contribution is 7.10. The highest BCUT2D eigenvalue weighted by Crippen LogP contribution is 2.33. The second-order valence-electron chi connectivity index (χ2n) is 3.84. The first kappa shape index (κ1) is 11.5. The molecule has 0 saturated heterocycles. The van der Waals surface area contributed by atoms with Gasteiger partial charge in [-0.25, -0.2) is 0 Å². The monoisotopic (exact) mass is 214 g/mol. The van der Waals surface area contributed by atoms with Crippen LogP contribution >= 0.6 is 11.3 Å². The molecule has 0 amide bonds. The first-order valence-electron chi connectivity index (χ1n) is 4.94. The van der Waals surface area contributed by atoms with Crippen molar-refractivity contribution in [3.05, 3.63) is 16.3 Å². The van der Waals surface area contributed by atoms with Crippen LogP contribution in [0.2, 0.25) is 0 Å². The van der Waals surface area contributed by atoms with E-state index in [0.29, 0.717) is 5.92 Å². The second kappa shape index (κ2) is 5.37. The average Bonchev–Trinajstić information content (AvgIpc) is 2.61. The summed E-state index contributed by atoms with van der Waals surface area (Å²) >= 11 is 1.56. The highest BCUT2D eigenvalue weighted by Gasteiger charge is 2.14. The van der Waals surface area contributed by atoms with Gasteiger partial charge in [0.05, 0.1) is 18.1 Å². The van der Waals surface area contributed by atoms with E-state index in [1.54, 1.807) is 18.4 Å². The van der Waals surface area contributed by atoms with Crippen molar-refractivity contribution in [3.8, 4) is 5.75 Å². The fraction of sp³-hybridized carbons (Fsp3) is 0.636. The van der Waals surface area contributed by atoms with Crippen molar-refractivity contribution in [2.24, 2.45) is 5.92 Å². The van der Waals surface area contributed by atoms with E-state index in [-0.39, 0.29) is 6.10 Å². The molecule has 80 valence electrons. The molecule has 1 aromatic rings. The molecular weight excluding hydrogens is 196 g/mol. The lowest BCUT2D eigenvalue weighted by Crippen LogP contribution is -1.99. The number of hydrogen-bond acceptors (Lipinski definition) is 3. The quantitative estimate of drug-likeness (QED) is 0.815. The van der Waals surface area contributed by atoms with E-state index in [1.807, 2.05) is 11.4 Å². The Morgan fingerprint density at radius 1 is 1.43 bits per heavy atom. The zero-order chi connectivity index (χ0) is 10.6. The third kappa shape index (κ3) is 3.00. The Morgan fingerprint density at radius 3 is 2.71 bits per heavy atom. The van der Waals surface area contributed by atoms with E-state index in [1.165, 1.54) is 0 Å². The van der Waals surface area contributed by atoms with Crippen molar-refractivity contribution in [2.75, 3.05) is 7.11 Å². The maximum absolute atomic E-state index is 9.90. The summed E-state index contributed by atoms with van der Waals surface area (Å²) in [6.45, 7) is 4.33. The molecular formula is C11H18O2S. The summed E-state index contributed by atoms with van der Waals surface area (Å²) in [6, 6.07) is 1.90. The van der Waals surface area contributed by atoms with Crippen LogP contribution in [0.1, 0.15) is 37.7 Å². The zero-order valence-electron chi connectivity index (χ0n) is 8.99. The number of methoxy groups -OCH3 is 1. The van der Waals surface area contributed by atoms with Gasteiger partial charge < -0.3 is 9.84 Å². The van der Waals surface area contributed by atoms with Crippen LogP contribution in [0.15, 0.2) is 11.4 Å². The molecule has 0 fully saturated rings. The Morgan fingerprint density at radius 2 is 2.14 bits per heavy atom. The van der Waals surface area contributed by atoms with Gasteiger partial charge >= 0.3 is 0 Å². The zero-order valence-corrected chi connectivity index (χ0v) is 9.80. The standard InChI is InChI=1S/C11H18O2S/c1-8(2)4-5-9(12)11-10(13-3)6-7-14-11/h6-9,12H,4-5H2,1-3H3. The molecule has 0 saturated carbocycles. The molecule has 1 N–H and O–H groups in total. The normalized spacial score (nSPS) is 13.2. The smallest absolute Gasteiger partial charge is 0.135 e. The molecule has 1 unspecified atom stereocenters. The summed E-state index contributed by atoms with van der Waals surface area (Å²) in [5.41, 5.74) is 0. The minimum Gasteiger partial charge on any atom is -0.495 e. The number of thiophene rings is 1. The van der Waals surface area contributed by atoms with E-state index >= 15 is 0 Å². The molecule has 0 spiro atoms. The van der Waals surface area contributed by atoms with E-state index in [2.05, 4.69) is 13.8 Å². The molecule has 1 aromatic heterocycles. The Balaban J connectivity index is 2.55. The van der Waals surface area contributed by atoms with Crippen LogP contribution in [-0.4, -0.2) is 12.2 Å². The van der Waals surface area contributed by atoms with Gasteiger partial charge in [-0.2, -0.15) is 0 Å². The number of aliphatic hydroxyl groups excluding tert-OH is 1. The van der Waals surface area contributed by atoms with Crippen LogP contribution in [0.25, 0.3) is 0 Å². The predicted molar refractivity (Wildman–Crippen MR) is 59.9 cm³/mol. The molecule has 0 aliphatic rings. The van der Waals surface area contributed by atoms with Crippen molar-refractivity contribution in [2.45, 2.75) is 32.8 Å². The van der Waals surface area contributed by atoms with E-state index in [9.17, 15) is 5.11 Å². The summed E-state index contributed by atoms with van der Waals surface area (Å²) in [5.74, 6) is 1.45. The molecule has 1 atom stereocenters. The minimum atomic E-state index is -0.368. The molecule has 0 aliphatic heterocycles. The van der Waals surface area contributed by atoms with E-state index in [0.717, 1.165) is 23.5 Å². The Labute approximate surface area is 89.5 Å².